The summed E-state index contributed by atoms with van der Waals surface area (Å²) in [6.45, 7) is 0.448. The van der Waals surface area contributed by atoms with Gasteiger partial charge in [0.15, 0.2) is 0 Å². The third kappa shape index (κ3) is 2.34. The number of fused-ring (bicyclic) bond motifs is 1. The minimum absolute atomic E-state index is 0.0407. The van der Waals surface area contributed by atoms with Gasteiger partial charge in [0, 0.05) is 0 Å². The molecule has 3 rings (SSSR count). The van der Waals surface area contributed by atoms with Crippen molar-refractivity contribution in [2.24, 2.45) is 0 Å². The van der Waals surface area contributed by atoms with Crippen molar-refractivity contribution in [3.05, 3.63) is 40.6 Å². The van der Waals surface area contributed by atoms with Crippen LogP contribution in [0.2, 0.25) is 0 Å². The van der Waals surface area contributed by atoms with E-state index < -0.39 is 16.0 Å². The molecular weight excluding hydrogens is 326 g/mol. The van der Waals surface area contributed by atoms with Crippen LogP contribution in [0.5, 0.6) is 5.75 Å². The van der Waals surface area contributed by atoms with E-state index in [4.69, 9.17) is 4.74 Å². The van der Waals surface area contributed by atoms with E-state index in [0.717, 1.165) is 11.3 Å². The number of rotatable bonds is 3. The molecule has 1 aromatic carbocycles. The minimum atomic E-state index is -3.85. The quantitative estimate of drug-likeness (QED) is 0.801. The van der Waals surface area contributed by atoms with E-state index >= 15 is 0 Å². The first kappa shape index (κ1) is 14.9. The van der Waals surface area contributed by atoms with Gasteiger partial charge in [0.1, 0.15) is 22.1 Å². The van der Waals surface area contributed by atoms with Gasteiger partial charge < -0.3 is 9.47 Å². The van der Waals surface area contributed by atoms with Crippen LogP contribution in [-0.2, 0) is 14.8 Å². The maximum Gasteiger partial charge on any atom is 0.349 e. The van der Waals surface area contributed by atoms with Crippen LogP contribution in [0.25, 0.3) is 0 Å². The molecule has 6 nitrogen and oxygen atoms in total. The van der Waals surface area contributed by atoms with Crippen LogP contribution in [0.1, 0.15) is 9.67 Å². The lowest BCUT2D eigenvalue weighted by atomic mass is 10.2. The summed E-state index contributed by atoms with van der Waals surface area (Å²) in [7, 11) is -2.63. The summed E-state index contributed by atoms with van der Waals surface area (Å²) in [4.78, 5) is 11.8. The Bertz CT molecular complexity index is 812. The highest BCUT2D eigenvalue weighted by Gasteiger charge is 2.33. The van der Waals surface area contributed by atoms with Gasteiger partial charge in [0.25, 0.3) is 10.0 Å². The highest BCUT2D eigenvalue weighted by Crippen LogP contribution is 2.36. The van der Waals surface area contributed by atoms with E-state index in [-0.39, 0.29) is 22.9 Å². The fraction of sp³-hybridized carbons (Fsp3) is 0.214. The molecule has 0 aliphatic carbocycles. The molecule has 0 atom stereocenters. The highest BCUT2D eigenvalue weighted by molar-refractivity contribution is 7.93. The Hall–Kier alpha value is -2.06. The fourth-order valence-electron chi connectivity index (χ4n) is 2.25. The molecule has 116 valence electrons. The van der Waals surface area contributed by atoms with Gasteiger partial charge in [-0.3, -0.25) is 4.31 Å². The van der Waals surface area contributed by atoms with Crippen molar-refractivity contribution in [3.63, 3.8) is 0 Å². The van der Waals surface area contributed by atoms with Gasteiger partial charge in [-0.25, -0.2) is 13.2 Å². The van der Waals surface area contributed by atoms with Crippen molar-refractivity contribution < 1.29 is 22.7 Å². The monoisotopic (exact) mass is 339 g/mol. The lowest BCUT2D eigenvalue weighted by Crippen LogP contribution is -2.38. The number of sulfonamides is 1. The smallest absolute Gasteiger partial charge is 0.349 e. The van der Waals surface area contributed by atoms with Crippen LogP contribution in [0.3, 0.4) is 0 Å². The standard InChI is InChI=1S/C14H13NO5S2/c1-19-14(16)13-12(6-9-21-13)22(17,18)15-7-8-20-11-5-3-2-4-10(11)15/h2-6,9H,7-8H2,1H3. The molecule has 22 heavy (non-hydrogen) atoms. The zero-order valence-corrected chi connectivity index (χ0v) is 13.3. The normalized spacial score (nSPS) is 14.1. The first-order chi connectivity index (χ1) is 10.6. The van der Waals surface area contributed by atoms with Gasteiger partial charge in [0.05, 0.1) is 19.3 Å². The number of nitrogens with zero attached hydrogens (tertiary/aromatic N) is 1. The number of benzene rings is 1. The average molecular weight is 339 g/mol. The molecule has 0 saturated carbocycles. The molecular formula is C14H13NO5S2. The summed E-state index contributed by atoms with van der Waals surface area (Å²) in [5, 5.41) is 1.56. The summed E-state index contributed by atoms with van der Waals surface area (Å²) in [5.74, 6) is -0.151. The van der Waals surface area contributed by atoms with Crippen molar-refractivity contribution in [2.45, 2.75) is 4.90 Å². The Balaban J connectivity index is 2.09. The van der Waals surface area contributed by atoms with E-state index in [1.165, 1.54) is 17.5 Å². The van der Waals surface area contributed by atoms with Gasteiger partial charge in [0.2, 0.25) is 0 Å². The van der Waals surface area contributed by atoms with E-state index in [0.29, 0.717) is 11.4 Å². The van der Waals surface area contributed by atoms with E-state index in [1.54, 1.807) is 29.6 Å². The molecule has 0 N–H and O–H groups in total. The summed E-state index contributed by atoms with van der Waals surface area (Å²) < 4.78 is 37.2. The van der Waals surface area contributed by atoms with Crippen molar-refractivity contribution in [3.8, 4) is 5.75 Å². The van der Waals surface area contributed by atoms with Gasteiger partial charge in [-0.2, -0.15) is 0 Å². The fourth-order valence-corrected chi connectivity index (χ4v) is 5.02. The molecule has 2 aromatic rings. The molecule has 0 amide bonds. The van der Waals surface area contributed by atoms with Gasteiger partial charge in [-0.1, -0.05) is 12.1 Å². The van der Waals surface area contributed by atoms with Crippen LogP contribution in [0, 0.1) is 0 Å². The second kappa shape index (κ2) is 5.62. The Labute approximate surface area is 131 Å². The van der Waals surface area contributed by atoms with Gasteiger partial charge in [-0.15, -0.1) is 11.3 Å². The zero-order valence-electron chi connectivity index (χ0n) is 11.7. The molecule has 0 spiro atoms. The molecule has 0 fully saturated rings. The Morgan fingerprint density at radius 3 is 2.86 bits per heavy atom. The molecule has 0 unspecified atom stereocenters. The molecule has 0 radical (unpaired) electrons. The summed E-state index contributed by atoms with van der Waals surface area (Å²) in [6, 6.07) is 8.33. The molecule has 0 saturated heterocycles. The summed E-state index contributed by atoms with van der Waals surface area (Å²) in [6.07, 6.45) is 0. The minimum Gasteiger partial charge on any atom is -0.489 e. The maximum absolute atomic E-state index is 12.9. The number of hydrogen-bond donors (Lipinski definition) is 0. The number of carbonyl (C=O) groups excluding carboxylic acids is 1. The first-order valence-electron chi connectivity index (χ1n) is 6.46. The Kier molecular flexibility index (Phi) is 3.79. The van der Waals surface area contributed by atoms with E-state index in [9.17, 15) is 13.2 Å². The largest absolute Gasteiger partial charge is 0.489 e. The first-order valence-corrected chi connectivity index (χ1v) is 8.78. The molecule has 1 aliphatic heterocycles. The number of ether oxygens (including phenoxy) is 2. The van der Waals surface area contributed by atoms with Gasteiger partial charge in [-0.05, 0) is 23.6 Å². The van der Waals surface area contributed by atoms with Crippen LogP contribution in [-0.4, -0.2) is 34.6 Å². The van der Waals surface area contributed by atoms with E-state index in [1.807, 2.05) is 0 Å². The van der Waals surface area contributed by atoms with Crippen molar-refractivity contribution in [2.75, 3.05) is 24.6 Å². The van der Waals surface area contributed by atoms with Crippen LogP contribution in [0.15, 0.2) is 40.6 Å². The third-order valence-electron chi connectivity index (χ3n) is 3.25. The van der Waals surface area contributed by atoms with Crippen LogP contribution < -0.4 is 9.04 Å². The Morgan fingerprint density at radius 2 is 2.09 bits per heavy atom. The molecule has 0 bridgehead atoms. The SMILES string of the molecule is COC(=O)c1sccc1S(=O)(=O)N1CCOc2ccccc21. The van der Waals surface area contributed by atoms with Crippen molar-refractivity contribution in [1.29, 1.82) is 0 Å². The van der Waals surface area contributed by atoms with Crippen LogP contribution >= 0.6 is 11.3 Å². The Morgan fingerprint density at radius 1 is 1.32 bits per heavy atom. The predicted molar refractivity (Wildman–Crippen MR) is 82.1 cm³/mol. The summed E-state index contributed by atoms with van der Waals surface area (Å²) in [5.41, 5.74) is 0.468. The molecule has 1 aliphatic rings. The van der Waals surface area contributed by atoms with Crippen molar-refractivity contribution >= 4 is 33.0 Å². The van der Waals surface area contributed by atoms with Crippen LogP contribution in [0.4, 0.5) is 5.69 Å². The lowest BCUT2D eigenvalue weighted by Gasteiger charge is -2.30. The van der Waals surface area contributed by atoms with E-state index in [2.05, 4.69) is 4.74 Å². The number of methoxy groups -OCH3 is 1. The topological polar surface area (TPSA) is 72.9 Å². The number of esters is 1. The number of carbonyl (C=O) groups is 1. The number of thiophene rings is 1. The third-order valence-corrected chi connectivity index (χ3v) is 6.13. The average Bonchev–Trinajstić information content (AvgIpc) is 3.04. The van der Waals surface area contributed by atoms with Gasteiger partial charge >= 0.3 is 5.97 Å². The number of para-hydroxylation sites is 2. The summed E-state index contributed by atoms with van der Waals surface area (Å²) >= 11 is 1.04. The van der Waals surface area contributed by atoms with Crippen molar-refractivity contribution in [1.82, 2.24) is 0 Å². The maximum atomic E-state index is 12.9. The highest BCUT2D eigenvalue weighted by atomic mass is 32.2. The zero-order chi connectivity index (χ0) is 15.7. The second-order valence-electron chi connectivity index (χ2n) is 4.50. The lowest BCUT2D eigenvalue weighted by molar-refractivity contribution is 0.0602. The molecule has 1 aromatic heterocycles. The molecule has 2 heterocycles. The second-order valence-corrected chi connectivity index (χ2v) is 7.25. The predicted octanol–water partition coefficient (Wildman–Crippen LogP) is 2.12. The number of anilines is 1. The number of hydrogen-bond acceptors (Lipinski definition) is 6. The molecule has 8 heteroatoms.